The molecule has 0 spiro atoms. The van der Waals surface area contributed by atoms with Crippen LogP contribution in [-0.2, 0) is 0 Å². The molecule has 0 unspecified atom stereocenters. The molecule has 1 aromatic rings. The predicted molar refractivity (Wildman–Crippen MR) is 36.7 cm³/mol. The topological polar surface area (TPSA) is 17.1 Å². The van der Waals surface area contributed by atoms with Crippen LogP contribution in [0, 0.1) is 17.5 Å². The Morgan fingerprint density at radius 1 is 1.25 bits per heavy atom. The number of carbonyl (C=O) groups is 1. The molecule has 0 radical (unpaired) electrons. The molecule has 0 aliphatic rings. The summed E-state index contributed by atoms with van der Waals surface area (Å²) in [7, 11) is 0. The van der Waals surface area contributed by atoms with Gasteiger partial charge in [-0.1, -0.05) is 11.6 Å². The second kappa shape index (κ2) is 3.15. The van der Waals surface area contributed by atoms with Crippen molar-refractivity contribution >= 4 is 17.9 Å². The normalized spacial score (nSPS) is 10.0. The van der Waals surface area contributed by atoms with E-state index in [9.17, 15) is 18.0 Å². The standard InChI is InChI=1S/C7H2ClF3O/c8-5-3(2-12)1-4(9)6(10)7(5)11/h1-2H. The van der Waals surface area contributed by atoms with E-state index >= 15 is 0 Å². The molecule has 0 amide bonds. The highest BCUT2D eigenvalue weighted by molar-refractivity contribution is 6.33. The van der Waals surface area contributed by atoms with Gasteiger partial charge in [0.05, 0.1) is 5.02 Å². The third-order valence-electron chi connectivity index (χ3n) is 1.26. The minimum absolute atomic E-state index is 0.147. The Bertz CT molecular complexity index is 338. The maximum atomic E-state index is 12.5. The van der Waals surface area contributed by atoms with E-state index in [4.69, 9.17) is 11.6 Å². The van der Waals surface area contributed by atoms with Crippen LogP contribution in [0.4, 0.5) is 13.2 Å². The van der Waals surface area contributed by atoms with Gasteiger partial charge in [0.1, 0.15) is 0 Å². The van der Waals surface area contributed by atoms with Crippen molar-refractivity contribution in [3.05, 3.63) is 34.1 Å². The molecule has 0 atom stereocenters. The summed E-state index contributed by atoms with van der Waals surface area (Å²) in [5, 5.41) is -0.705. The van der Waals surface area contributed by atoms with Crippen LogP contribution in [0.3, 0.4) is 0 Å². The van der Waals surface area contributed by atoms with Crippen molar-refractivity contribution in [1.82, 2.24) is 0 Å². The molecule has 64 valence electrons. The van der Waals surface area contributed by atoms with Crippen LogP contribution in [0.15, 0.2) is 6.07 Å². The summed E-state index contributed by atoms with van der Waals surface area (Å²) in [6.45, 7) is 0. The molecule has 1 nitrogen and oxygen atoms in total. The largest absolute Gasteiger partial charge is 0.298 e. The maximum Gasteiger partial charge on any atom is 0.195 e. The van der Waals surface area contributed by atoms with E-state index in [2.05, 4.69) is 0 Å². The van der Waals surface area contributed by atoms with E-state index < -0.39 is 28.0 Å². The smallest absolute Gasteiger partial charge is 0.195 e. The van der Waals surface area contributed by atoms with Gasteiger partial charge in [-0.15, -0.1) is 0 Å². The Morgan fingerprint density at radius 2 is 1.83 bits per heavy atom. The summed E-state index contributed by atoms with van der Waals surface area (Å²) < 4.78 is 37.3. The molecule has 0 heterocycles. The van der Waals surface area contributed by atoms with Gasteiger partial charge in [0.2, 0.25) is 0 Å². The Kier molecular flexibility index (Phi) is 2.38. The fourth-order valence-corrected chi connectivity index (χ4v) is 0.859. The summed E-state index contributed by atoms with van der Waals surface area (Å²) in [5.41, 5.74) is -0.409. The van der Waals surface area contributed by atoms with Crippen molar-refractivity contribution in [1.29, 1.82) is 0 Å². The van der Waals surface area contributed by atoms with Gasteiger partial charge < -0.3 is 0 Å². The minimum atomic E-state index is -1.68. The van der Waals surface area contributed by atoms with Gasteiger partial charge in [0, 0.05) is 5.56 Å². The molecule has 1 aromatic carbocycles. The van der Waals surface area contributed by atoms with E-state index in [1.54, 1.807) is 0 Å². The summed E-state index contributed by atoms with van der Waals surface area (Å²) in [6, 6.07) is 0.535. The molecule has 0 fully saturated rings. The van der Waals surface area contributed by atoms with Crippen LogP contribution in [-0.4, -0.2) is 6.29 Å². The number of aldehydes is 1. The lowest BCUT2D eigenvalue weighted by Gasteiger charge is -1.99. The quantitative estimate of drug-likeness (QED) is 0.382. The van der Waals surface area contributed by atoms with E-state index in [1.165, 1.54) is 0 Å². The average molecular weight is 195 g/mol. The van der Waals surface area contributed by atoms with Crippen molar-refractivity contribution in [2.24, 2.45) is 0 Å². The van der Waals surface area contributed by atoms with Crippen LogP contribution in [0.25, 0.3) is 0 Å². The Balaban J connectivity index is 3.49. The average Bonchev–Trinajstić information content (AvgIpc) is 2.08. The molecule has 0 saturated carbocycles. The van der Waals surface area contributed by atoms with Crippen molar-refractivity contribution in [2.75, 3.05) is 0 Å². The van der Waals surface area contributed by atoms with Crippen molar-refractivity contribution in [3.63, 3.8) is 0 Å². The summed E-state index contributed by atoms with van der Waals surface area (Å²) in [4.78, 5) is 10.1. The molecule has 0 bridgehead atoms. The number of hydrogen-bond donors (Lipinski definition) is 0. The molecule has 0 aliphatic carbocycles. The molecular weight excluding hydrogens is 193 g/mol. The van der Waals surface area contributed by atoms with Crippen LogP contribution < -0.4 is 0 Å². The lowest BCUT2D eigenvalue weighted by Crippen LogP contribution is -1.95. The second-order valence-electron chi connectivity index (χ2n) is 2.01. The highest BCUT2D eigenvalue weighted by atomic mass is 35.5. The van der Waals surface area contributed by atoms with Crippen LogP contribution >= 0.6 is 11.6 Å². The summed E-state index contributed by atoms with van der Waals surface area (Å²) >= 11 is 5.16. The summed E-state index contributed by atoms with van der Waals surface area (Å²) in [5.74, 6) is -4.65. The molecule has 0 aromatic heterocycles. The fourth-order valence-electron chi connectivity index (χ4n) is 0.677. The molecule has 0 saturated heterocycles. The van der Waals surface area contributed by atoms with Gasteiger partial charge in [-0.2, -0.15) is 0 Å². The van der Waals surface area contributed by atoms with Crippen molar-refractivity contribution in [2.45, 2.75) is 0 Å². The highest BCUT2D eigenvalue weighted by Crippen LogP contribution is 2.23. The molecule has 1 rings (SSSR count). The molecule has 0 aliphatic heterocycles. The Labute approximate surface area is 70.8 Å². The van der Waals surface area contributed by atoms with Gasteiger partial charge in [-0.3, -0.25) is 4.79 Å². The number of benzene rings is 1. The molecule has 12 heavy (non-hydrogen) atoms. The lowest BCUT2D eigenvalue weighted by molar-refractivity contribution is 0.112. The Hall–Kier alpha value is -1.03. The third-order valence-corrected chi connectivity index (χ3v) is 1.64. The Morgan fingerprint density at radius 3 is 2.33 bits per heavy atom. The number of carbonyl (C=O) groups excluding carboxylic acids is 1. The van der Waals surface area contributed by atoms with Crippen molar-refractivity contribution < 1.29 is 18.0 Å². The number of rotatable bonds is 1. The van der Waals surface area contributed by atoms with E-state index in [0.29, 0.717) is 6.07 Å². The third kappa shape index (κ3) is 1.30. The maximum absolute atomic E-state index is 12.5. The van der Waals surface area contributed by atoms with Crippen LogP contribution in [0.5, 0.6) is 0 Å². The first-order valence-electron chi connectivity index (χ1n) is 2.86. The minimum Gasteiger partial charge on any atom is -0.298 e. The fraction of sp³-hybridized carbons (Fsp3) is 0. The first-order valence-corrected chi connectivity index (χ1v) is 3.24. The highest BCUT2D eigenvalue weighted by Gasteiger charge is 2.16. The number of hydrogen-bond acceptors (Lipinski definition) is 1. The van der Waals surface area contributed by atoms with E-state index in [1.807, 2.05) is 0 Å². The second-order valence-corrected chi connectivity index (χ2v) is 2.39. The summed E-state index contributed by atoms with van der Waals surface area (Å²) in [6.07, 6.45) is 0.147. The van der Waals surface area contributed by atoms with Crippen LogP contribution in [0.2, 0.25) is 5.02 Å². The monoisotopic (exact) mass is 194 g/mol. The SMILES string of the molecule is O=Cc1cc(F)c(F)c(F)c1Cl. The van der Waals surface area contributed by atoms with Gasteiger partial charge in [-0.05, 0) is 6.07 Å². The lowest BCUT2D eigenvalue weighted by atomic mass is 10.2. The van der Waals surface area contributed by atoms with E-state index in [0.717, 1.165) is 0 Å². The zero-order valence-electron chi connectivity index (χ0n) is 5.57. The first-order chi connectivity index (χ1) is 5.57. The first kappa shape index (κ1) is 9.06. The van der Waals surface area contributed by atoms with Crippen LogP contribution in [0.1, 0.15) is 10.4 Å². The molecule has 0 N–H and O–H groups in total. The zero-order chi connectivity index (χ0) is 9.30. The van der Waals surface area contributed by atoms with Gasteiger partial charge in [-0.25, -0.2) is 13.2 Å². The predicted octanol–water partition coefficient (Wildman–Crippen LogP) is 2.57. The van der Waals surface area contributed by atoms with Crippen molar-refractivity contribution in [3.8, 4) is 0 Å². The van der Waals surface area contributed by atoms with Gasteiger partial charge in [0.15, 0.2) is 23.7 Å². The van der Waals surface area contributed by atoms with Gasteiger partial charge in [0.25, 0.3) is 0 Å². The molecule has 5 heteroatoms. The van der Waals surface area contributed by atoms with E-state index in [-0.39, 0.29) is 6.29 Å². The zero-order valence-corrected chi connectivity index (χ0v) is 6.33. The van der Waals surface area contributed by atoms with Gasteiger partial charge >= 0.3 is 0 Å². The number of halogens is 4. The molecular formula is C7H2ClF3O.